The van der Waals surface area contributed by atoms with Gasteiger partial charge in [0.2, 0.25) is 0 Å². The number of hydrogen-bond acceptors (Lipinski definition) is 4. The van der Waals surface area contributed by atoms with Gasteiger partial charge in [0, 0.05) is 6.54 Å². The summed E-state index contributed by atoms with van der Waals surface area (Å²) in [6.45, 7) is 9.21. The molecule has 0 bridgehead atoms. The predicted octanol–water partition coefficient (Wildman–Crippen LogP) is 2.76. The Morgan fingerprint density at radius 3 is 2.53 bits per heavy atom. The number of carbonyl (C=O) groups is 1. The number of unbranched alkanes of at least 4 members (excludes halogenated alkanes) is 3. The van der Waals surface area contributed by atoms with Crippen molar-refractivity contribution < 1.29 is 14.3 Å². The zero-order valence-electron chi connectivity index (χ0n) is 12.9. The van der Waals surface area contributed by atoms with E-state index in [2.05, 4.69) is 19.2 Å². The van der Waals surface area contributed by atoms with Crippen LogP contribution in [0.15, 0.2) is 0 Å². The molecule has 1 N–H and O–H groups in total. The average Bonchev–Trinajstić information content (AvgIpc) is 2.36. The van der Waals surface area contributed by atoms with E-state index in [1.165, 1.54) is 32.1 Å². The fourth-order valence-electron chi connectivity index (χ4n) is 1.78. The first-order valence-electron chi connectivity index (χ1n) is 7.60. The summed E-state index contributed by atoms with van der Waals surface area (Å²) in [5.74, 6) is 0.544. The molecule has 114 valence electrons. The van der Waals surface area contributed by atoms with Crippen molar-refractivity contribution in [3.63, 3.8) is 0 Å². The van der Waals surface area contributed by atoms with Gasteiger partial charge in [-0.2, -0.15) is 0 Å². The molecule has 4 heteroatoms. The average molecular weight is 273 g/mol. The van der Waals surface area contributed by atoms with E-state index < -0.39 is 0 Å². The standard InChI is InChI=1S/C15H31NO3/c1-4-19-15(17)13-18-12-11-16-10-8-6-5-7-9-14(2)3/h14,16H,4-13H2,1-3H3. The molecule has 0 radical (unpaired) electrons. The monoisotopic (exact) mass is 273 g/mol. The molecule has 4 nitrogen and oxygen atoms in total. The van der Waals surface area contributed by atoms with Crippen molar-refractivity contribution in [2.24, 2.45) is 5.92 Å². The van der Waals surface area contributed by atoms with E-state index in [4.69, 9.17) is 9.47 Å². The third kappa shape index (κ3) is 15.3. The van der Waals surface area contributed by atoms with Crippen LogP contribution in [0.4, 0.5) is 0 Å². The van der Waals surface area contributed by atoms with E-state index >= 15 is 0 Å². The quantitative estimate of drug-likeness (QED) is 0.414. The van der Waals surface area contributed by atoms with Crippen LogP contribution in [0.2, 0.25) is 0 Å². The van der Waals surface area contributed by atoms with E-state index in [-0.39, 0.29) is 12.6 Å². The van der Waals surface area contributed by atoms with E-state index in [0.29, 0.717) is 13.2 Å². The van der Waals surface area contributed by atoms with Gasteiger partial charge >= 0.3 is 5.97 Å². The first-order valence-corrected chi connectivity index (χ1v) is 7.60. The number of ether oxygens (including phenoxy) is 2. The van der Waals surface area contributed by atoms with Gasteiger partial charge in [0.15, 0.2) is 0 Å². The first kappa shape index (κ1) is 18.4. The zero-order valence-corrected chi connectivity index (χ0v) is 12.9. The molecule has 0 amide bonds. The van der Waals surface area contributed by atoms with Crippen LogP contribution in [0.1, 0.15) is 52.9 Å². The maximum Gasteiger partial charge on any atom is 0.332 e. The highest BCUT2D eigenvalue weighted by molar-refractivity contribution is 5.70. The van der Waals surface area contributed by atoms with E-state index in [0.717, 1.165) is 19.0 Å². The summed E-state index contributed by atoms with van der Waals surface area (Å²) in [5.41, 5.74) is 0. The summed E-state index contributed by atoms with van der Waals surface area (Å²) in [6.07, 6.45) is 6.54. The molecule has 0 atom stereocenters. The van der Waals surface area contributed by atoms with E-state index in [1.54, 1.807) is 6.92 Å². The molecule has 0 fully saturated rings. The third-order valence-electron chi connectivity index (χ3n) is 2.83. The molecule has 0 spiro atoms. The lowest BCUT2D eigenvalue weighted by molar-refractivity contribution is -0.148. The first-order chi connectivity index (χ1) is 9.16. The zero-order chi connectivity index (χ0) is 14.3. The molecule has 19 heavy (non-hydrogen) atoms. The number of esters is 1. The molecular formula is C15H31NO3. The molecule has 0 rings (SSSR count). The highest BCUT2D eigenvalue weighted by atomic mass is 16.6. The normalized spacial score (nSPS) is 10.9. The second-order valence-electron chi connectivity index (χ2n) is 5.20. The largest absolute Gasteiger partial charge is 0.464 e. The van der Waals surface area contributed by atoms with Gasteiger partial charge < -0.3 is 14.8 Å². The minimum Gasteiger partial charge on any atom is -0.464 e. The summed E-state index contributed by atoms with van der Waals surface area (Å²) in [4.78, 5) is 11.0. The molecule has 0 aromatic heterocycles. The Morgan fingerprint density at radius 2 is 1.84 bits per heavy atom. The molecule has 0 saturated carbocycles. The fourth-order valence-corrected chi connectivity index (χ4v) is 1.78. The minimum atomic E-state index is -0.285. The van der Waals surface area contributed by atoms with Crippen molar-refractivity contribution in [2.75, 3.05) is 32.9 Å². The molecule has 0 aliphatic carbocycles. The third-order valence-corrected chi connectivity index (χ3v) is 2.83. The van der Waals surface area contributed by atoms with Crippen LogP contribution in [0.3, 0.4) is 0 Å². The second kappa shape index (κ2) is 13.8. The molecule has 0 unspecified atom stereocenters. The van der Waals surface area contributed by atoms with Crippen molar-refractivity contribution in [1.82, 2.24) is 5.32 Å². The summed E-state index contributed by atoms with van der Waals surface area (Å²) in [5, 5.41) is 3.31. The van der Waals surface area contributed by atoms with Gasteiger partial charge in [0.05, 0.1) is 13.2 Å². The minimum absolute atomic E-state index is 0.0602. The van der Waals surface area contributed by atoms with Gasteiger partial charge in [-0.15, -0.1) is 0 Å². The number of carbonyl (C=O) groups excluding carboxylic acids is 1. The topological polar surface area (TPSA) is 47.6 Å². The molecule has 0 aromatic carbocycles. The van der Waals surface area contributed by atoms with Crippen molar-refractivity contribution in [3.8, 4) is 0 Å². The van der Waals surface area contributed by atoms with Gasteiger partial charge in [-0.1, -0.05) is 39.5 Å². The molecule has 0 aliphatic rings. The van der Waals surface area contributed by atoms with Crippen molar-refractivity contribution in [2.45, 2.75) is 52.9 Å². The lowest BCUT2D eigenvalue weighted by Gasteiger charge is -2.06. The van der Waals surface area contributed by atoms with Crippen LogP contribution >= 0.6 is 0 Å². The maximum atomic E-state index is 11.0. The Kier molecular flexibility index (Phi) is 13.4. The Morgan fingerprint density at radius 1 is 1.11 bits per heavy atom. The Labute approximate surface area is 118 Å². The van der Waals surface area contributed by atoms with E-state index in [9.17, 15) is 4.79 Å². The van der Waals surface area contributed by atoms with Crippen molar-refractivity contribution in [1.29, 1.82) is 0 Å². The van der Waals surface area contributed by atoms with Crippen LogP contribution in [0.25, 0.3) is 0 Å². The summed E-state index contributed by atoms with van der Waals surface area (Å²) < 4.78 is 9.94. The molecule has 0 saturated heterocycles. The van der Waals surface area contributed by atoms with Crippen molar-refractivity contribution in [3.05, 3.63) is 0 Å². The van der Waals surface area contributed by atoms with Gasteiger partial charge in [0.1, 0.15) is 6.61 Å². The maximum absolute atomic E-state index is 11.0. The Hall–Kier alpha value is -0.610. The number of nitrogens with one attached hydrogen (secondary N) is 1. The highest BCUT2D eigenvalue weighted by Crippen LogP contribution is 2.08. The second-order valence-corrected chi connectivity index (χ2v) is 5.20. The van der Waals surface area contributed by atoms with Gasteiger partial charge in [-0.25, -0.2) is 4.79 Å². The number of hydrogen-bond donors (Lipinski definition) is 1. The van der Waals surface area contributed by atoms with Gasteiger partial charge in [-0.05, 0) is 25.8 Å². The molecule has 0 aliphatic heterocycles. The van der Waals surface area contributed by atoms with Crippen LogP contribution in [0.5, 0.6) is 0 Å². The van der Waals surface area contributed by atoms with Crippen LogP contribution in [-0.2, 0) is 14.3 Å². The van der Waals surface area contributed by atoms with Gasteiger partial charge in [-0.3, -0.25) is 0 Å². The van der Waals surface area contributed by atoms with Crippen LogP contribution in [-0.4, -0.2) is 38.9 Å². The number of rotatable bonds is 13. The highest BCUT2D eigenvalue weighted by Gasteiger charge is 2.00. The molecule has 0 heterocycles. The summed E-state index contributed by atoms with van der Waals surface area (Å²) in [6, 6.07) is 0. The predicted molar refractivity (Wildman–Crippen MR) is 78.2 cm³/mol. The Balaban J connectivity index is 3.05. The lowest BCUT2D eigenvalue weighted by Crippen LogP contribution is -2.23. The lowest BCUT2D eigenvalue weighted by atomic mass is 10.0. The SMILES string of the molecule is CCOC(=O)COCCNCCCCCCC(C)C. The fraction of sp³-hybridized carbons (Fsp3) is 0.933. The van der Waals surface area contributed by atoms with Crippen LogP contribution < -0.4 is 5.32 Å². The summed E-state index contributed by atoms with van der Waals surface area (Å²) in [7, 11) is 0. The van der Waals surface area contributed by atoms with Gasteiger partial charge in [0.25, 0.3) is 0 Å². The summed E-state index contributed by atoms with van der Waals surface area (Å²) >= 11 is 0. The van der Waals surface area contributed by atoms with Crippen molar-refractivity contribution >= 4 is 5.97 Å². The van der Waals surface area contributed by atoms with E-state index in [1.807, 2.05) is 0 Å². The molecular weight excluding hydrogens is 242 g/mol. The van der Waals surface area contributed by atoms with Crippen LogP contribution in [0, 0.1) is 5.92 Å². The Bertz CT molecular complexity index is 208. The smallest absolute Gasteiger partial charge is 0.332 e. The molecule has 0 aromatic rings.